The maximum absolute atomic E-state index is 6.03. The van der Waals surface area contributed by atoms with Crippen LogP contribution in [0, 0.1) is 19.8 Å². The minimum absolute atomic E-state index is 0.132. The topological polar surface area (TPSA) is 52.0 Å². The van der Waals surface area contributed by atoms with Crippen LogP contribution >= 0.6 is 0 Å². The van der Waals surface area contributed by atoms with E-state index >= 15 is 0 Å². The Labute approximate surface area is 95.7 Å². The van der Waals surface area contributed by atoms with E-state index in [1.54, 1.807) is 0 Å². The largest absolute Gasteiger partial charge is 0.439 e. The average molecular weight is 218 g/mol. The summed E-state index contributed by atoms with van der Waals surface area (Å²) in [6.07, 6.45) is 0. The molecule has 0 aliphatic heterocycles. The van der Waals surface area contributed by atoms with Gasteiger partial charge in [0.1, 0.15) is 5.52 Å². The molecule has 0 saturated carbocycles. The first-order chi connectivity index (χ1) is 7.49. The van der Waals surface area contributed by atoms with Gasteiger partial charge in [-0.1, -0.05) is 19.9 Å². The highest BCUT2D eigenvalue weighted by Crippen LogP contribution is 2.26. The van der Waals surface area contributed by atoms with Gasteiger partial charge in [-0.2, -0.15) is 0 Å². The molecule has 0 aliphatic rings. The van der Waals surface area contributed by atoms with Gasteiger partial charge in [-0.3, -0.25) is 0 Å². The molecule has 0 aliphatic carbocycles. The highest BCUT2D eigenvalue weighted by Gasteiger charge is 2.18. The summed E-state index contributed by atoms with van der Waals surface area (Å²) in [5.74, 6) is 0.966. The third kappa shape index (κ3) is 1.83. The van der Waals surface area contributed by atoms with Gasteiger partial charge >= 0.3 is 0 Å². The molecule has 0 bridgehead atoms. The quantitative estimate of drug-likeness (QED) is 0.842. The molecule has 2 N–H and O–H groups in total. The molecular formula is C13H18N2O. The lowest BCUT2D eigenvalue weighted by molar-refractivity contribution is 0.402. The summed E-state index contributed by atoms with van der Waals surface area (Å²) in [6.45, 7) is 8.23. The number of nitrogens with two attached hydrogens (primary N) is 1. The Morgan fingerprint density at radius 3 is 2.56 bits per heavy atom. The molecule has 0 radical (unpaired) electrons. The summed E-state index contributed by atoms with van der Waals surface area (Å²) in [7, 11) is 0. The van der Waals surface area contributed by atoms with Crippen molar-refractivity contribution in [3.8, 4) is 0 Å². The van der Waals surface area contributed by atoms with Gasteiger partial charge < -0.3 is 10.2 Å². The Morgan fingerprint density at radius 2 is 1.94 bits per heavy atom. The summed E-state index contributed by atoms with van der Waals surface area (Å²) in [6, 6.07) is 3.99. The predicted molar refractivity (Wildman–Crippen MR) is 65.2 cm³/mol. The second-order valence-electron chi connectivity index (χ2n) is 4.75. The SMILES string of the molecule is Cc1cc(C)c2oc(C(N)C(C)C)nc2c1. The monoisotopic (exact) mass is 218 g/mol. The van der Waals surface area contributed by atoms with Crippen LogP contribution < -0.4 is 5.73 Å². The molecule has 1 atom stereocenters. The summed E-state index contributed by atoms with van der Waals surface area (Å²) < 4.78 is 5.74. The number of hydrogen-bond acceptors (Lipinski definition) is 3. The van der Waals surface area contributed by atoms with Gasteiger partial charge in [0.05, 0.1) is 6.04 Å². The molecule has 3 nitrogen and oxygen atoms in total. The second-order valence-corrected chi connectivity index (χ2v) is 4.75. The van der Waals surface area contributed by atoms with E-state index in [0.29, 0.717) is 11.8 Å². The molecule has 3 heteroatoms. The lowest BCUT2D eigenvalue weighted by Gasteiger charge is -2.10. The lowest BCUT2D eigenvalue weighted by atomic mass is 10.1. The van der Waals surface area contributed by atoms with Crippen molar-refractivity contribution >= 4 is 11.1 Å². The van der Waals surface area contributed by atoms with Crippen LogP contribution in [0.4, 0.5) is 0 Å². The molecule has 0 saturated heterocycles. The third-order valence-electron chi connectivity index (χ3n) is 2.84. The van der Waals surface area contributed by atoms with E-state index in [-0.39, 0.29) is 6.04 Å². The smallest absolute Gasteiger partial charge is 0.212 e. The number of nitrogens with zero attached hydrogens (tertiary/aromatic N) is 1. The highest BCUT2D eigenvalue weighted by molar-refractivity contribution is 5.77. The van der Waals surface area contributed by atoms with E-state index in [0.717, 1.165) is 16.7 Å². The highest BCUT2D eigenvalue weighted by atomic mass is 16.3. The van der Waals surface area contributed by atoms with Crippen molar-refractivity contribution < 1.29 is 4.42 Å². The Hall–Kier alpha value is -1.35. The number of fused-ring (bicyclic) bond motifs is 1. The van der Waals surface area contributed by atoms with Crippen LogP contribution in [-0.4, -0.2) is 4.98 Å². The number of rotatable bonds is 2. The van der Waals surface area contributed by atoms with E-state index < -0.39 is 0 Å². The van der Waals surface area contributed by atoms with E-state index in [1.807, 2.05) is 13.0 Å². The van der Waals surface area contributed by atoms with Gasteiger partial charge in [0.25, 0.3) is 0 Å². The Balaban J connectivity index is 2.56. The number of aromatic nitrogens is 1. The van der Waals surface area contributed by atoms with Gasteiger partial charge in [0, 0.05) is 0 Å². The zero-order valence-electron chi connectivity index (χ0n) is 10.2. The third-order valence-corrected chi connectivity index (χ3v) is 2.84. The lowest BCUT2D eigenvalue weighted by Crippen LogP contribution is -2.16. The molecule has 1 aromatic carbocycles. The van der Waals surface area contributed by atoms with Crippen LogP contribution in [0.5, 0.6) is 0 Å². The van der Waals surface area contributed by atoms with Crippen LogP contribution in [-0.2, 0) is 0 Å². The van der Waals surface area contributed by atoms with Crippen molar-refractivity contribution in [2.75, 3.05) is 0 Å². The predicted octanol–water partition coefficient (Wildman–Crippen LogP) is 3.10. The summed E-state index contributed by atoms with van der Waals surface area (Å²) in [5.41, 5.74) is 10.1. The van der Waals surface area contributed by atoms with Crippen molar-refractivity contribution in [2.45, 2.75) is 33.7 Å². The van der Waals surface area contributed by atoms with Gasteiger partial charge in [0.15, 0.2) is 5.58 Å². The second kappa shape index (κ2) is 3.91. The molecule has 1 unspecified atom stereocenters. The van der Waals surface area contributed by atoms with Gasteiger partial charge in [-0.25, -0.2) is 4.98 Å². The Kier molecular flexibility index (Phi) is 2.72. The zero-order chi connectivity index (χ0) is 11.9. The van der Waals surface area contributed by atoms with Gasteiger partial charge in [0.2, 0.25) is 5.89 Å². The Morgan fingerprint density at radius 1 is 1.25 bits per heavy atom. The molecule has 1 heterocycles. The summed E-state index contributed by atoms with van der Waals surface area (Å²) >= 11 is 0. The first kappa shape index (κ1) is 11.1. The number of aryl methyl sites for hydroxylation is 2. The average Bonchev–Trinajstić information content (AvgIpc) is 2.60. The van der Waals surface area contributed by atoms with Crippen molar-refractivity contribution in [1.82, 2.24) is 4.98 Å². The fourth-order valence-electron chi connectivity index (χ4n) is 1.82. The van der Waals surface area contributed by atoms with Crippen LogP contribution in [0.3, 0.4) is 0 Å². The van der Waals surface area contributed by atoms with Gasteiger partial charge in [-0.15, -0.1) is 0 Å². The van der Waals surface area contributed by atoms with E-state index in [2.05, 4.69) is 31.8 Å². The molecule has 0 amide bonds. The number of oxazole rings is 1. The standard InChI is InChI=1S/C13H18N2O/c1-7(2)11(14)13-15-10-6-8(3)5-9(4)12(10)16-13/h5-7,11H,14H2,1-4H3. The van der Waals surface area contributed by atoms with Crippen LogP contribution in [0.2, 0.25) is 0 Å². The van der Waals surface area contributed by atoms with E-state index in [1.165, 1.54) is 5.56 Å². The van der Waals surface area contributed by atoms with Crippen molar-refractivity contribution in [3.05, 3.63) is 29.2 Å². The first-order valence-corrected chi connectivity index (χ1v) is 5.62. The fraction of sp³-hybridized carbons (Fsp3) is 0.462. The molecule has 1 aromatic heterocycles. The minimum Gasteiger partial charge on any atom is -0.439 e. The van der Waals surface area contributed by atoms with Crippen LogP contribution in [0.25, 0.3) is 11.1 Å². The molecule has 2 aromatic rings. The first-order valence-electron chi connectivity index (χ1n) is 5.62. The maximum atomic E-state index is 6.03. The molecule has 0 fully saturated rings. The molecule has 86 valence electrons. The maximum Gasteiger partial charge on any atom is 0.212 e. The number of benzene rings is 1. The van der Waals surface area contributed by atoms with Crippen molar-refractivity contribution in [2.24, 2.45) is 11.7 Å². The van der Waals surface area contributed by atoms with Crippen molar-refractivity contribution in [3.63, 3.8) is 0 Å². The normalized spacial score (nSPS) is 13.6. The fourth-order valence-corrected chi connectivity index (χ4v) is 1.82. The summed E-state index contributed by atoms with van der Waals surface area (Å²) in [4.78, 5) is 4.46. The molecule has 0 spiro atoms. The number of hydrogen-bond donors (Lipinski definition) is 1. The Bertz CT molecular complexity index is 514. The zero-order valence-corrected chi connectivity index (χ0v) is 10.2. The summed E-state index contributed by atoms with van der Waals surface area (Å²) in [5, 5.41) is 0. The van der Waals surface area contributed by atoms with E-state index in [9.17, 15) is 0 Å². The van der Waals surface area contributed by atoms with Crippen LogP contribution in [0.15, 0.2) is 16.5 Å². The van der Waals surface area contributed by atoms with Crippen molar-refractivity contribution in [1.29, 1.82) is 0 Å². The van der Waals surface area contributed by atoms with Gasteiger partial charge in [-0.05, 0) is 37.0 Å². The van der Waals surface area contributed by atoms with E-state index in [4.69, 9.17) is 10.2 Å². The minimum atomic E-state index is -0.132. The molecular weight excluding hydrogens is 200 g/mol. The van der Waals surface area contributed by atoms with Crippen LogP contribution in [0.1, 0.15) is 36.9 Å². The molecule has 2 rings (SSSR count). The molecule has 16 heavy (non-hydrogen) atoms.